The number of rotatable bonds is 2. The van der Waals surface area contributed by atoms with Crippen LogP contribution < -0.4 is 5.73 Å². The first-order valence-electron chi connectivity index (χ1n) is 4.23. The molecule has 0 unspecified atom stereocenters. The van der Waals surface area contributed by atoms with E-state index in [1.807, 2.05) is 12.1 Å². The maximum Gasteiger partial charge on any atom is 0.0859 e. The molecule has 13 heavy (non-hydrogen) atoms. The van der Waals surface area contributed by atoms with Gasteiger partial charge < -0.3 is 5.73 Å². The van der Waals surface area contributed by atoms with Crippen molar-refractivity contribution in [2.75, 3.05) is 5.73 Å². The Labute approximate surface area is 81.8 Å². The van der Waals surface area contributed by atoms with Crippen LogP contribution in [0.1, 0.15) is 10.4 Å². The standard InChI is InChI=1S/C11H11NS/c12-11-7-6-10(13-11)8-9-4-2-1-3-5-9/h1-7H,8,12H2. The molecule has 0 aliphatic rings. The molecule has 2 aromatic rings. The second-order valence-corrected chi connectivity index (χ2v) is 4.17. The van der Waals surface area contributed by atoms with Gasteiger partial charge in [0.15, 0.2) is 0 Å². The van der Waals surface area contributed by atoms with Crippen LogP contribution in [0, 0.1) is 0 Å². The fourth-order valence-corrected chi connectivity index (χ4v) is 2.10. The summed E-state index contributed by atoms with van der Waals surface area (Å²) in [6.07, 6.45) is 0.989. The van der Waals surface area contributed by atoms with Crippen molar-refractivity contribution in [2.45, 2.75) is 6.42 Å². The van der Waals surface area contributed by atoms with Crippen molar-refractivity contribution in [3.8, 4) is 0 Å². The van der Waals surface area contributed by atoms with Gasteiger partial charge in [0.2, 0.25) is 0 Å². The van der Waals surface area contributed by atoms with Crippen LogP contribution in [0.15, 0.2) is 42.5 Å². The topological polar surface area (TPSA) is 26.0 Å². The number of hydrogen-bond acceptors (Lipinski definition) is 2. The fraction of sp³-hybridized carbons (Fsp3) is 0.0909. The van der Waals surface area contributed by atoms with E-state index < -0.39 is 0 Å². The lowest BCUT2D eigenvalue weighted by molar-refractivity contribution is 1.24. The molecule has 1 aromatic heterocycles. The predicted molar refractivity (Wildman–Crippen MR) is 58.0 cm³/mol. The zero-order valence-electron chi connectivity index (χ0n) is 7.23. The average Bonchev–Trinajstić information content (AvgIpc) is 2.53. The van der Waals surface area contributed by atoms with Crippen LogP contribution in [-0.4, -0.2) is 0 Å². The molecule has 0 radical (unpaired) electrons. The third-order valence-electron chi connectivity index (χ3n) is 1.90. The van der Waals surface area contributed by atoms with E-state index >= 15 is 0 Å². The summed E-state index contributed by atoms with van der Waals surface area (Å²) in [5.74, 6) is 0. The lowest BCUT2D eigenvalue weighted by Crippen LogP contribution is -1.82. The Morgan fingerprint density at radius 2 is 1.77 bits per heavy atom. The minimum absolute atomic E-state index is 0.894. The molecular weight excluding hydrogens is 178 g/mol. The highest BCUT2D eigenvalue weighted by Crippen LogP contribution is 2.20. The van der Waals surface area contributed by atoms with Crippen LogP contribution in [0.4, 0.5) is 5.00 Å². The molecule has 2 rings (SSSR count). The average molecular weight is 189 g/mol. The van der Waals surface area contributed by atoms with Crippen LogP contribution in [0.2, 0.25) is 0 Å². The second-order valence-electron chi connectivity index (χ2n) is 2.97. The number of nitrogens with two attached hydrogens (primary N) is 1. The van der Waals surface area contributed by atoms with Crippen LogP contribution in [-0.2, 0) is 6.42 Å². The number of nitrogen functional groups attached to an aromatic ring is 1. The lowest BCUT2D eigenvalue weighted by Gasteiger charge is -1.96. The molecule has 0 aliphatic heterocycles. The minimum Gasteiger partial charge on any atom is -0.391 e. The molecule has 0 bridgehead atoms. The van der Waals surface area contributed by atoms with Crippen LogP contribution in [0.5, 0.6) is 0 Å². The zero-order valence-corrected chi connectivity index (χ0v) is 8.05. The van der Waals surface area contributed by atoms with Crippen molar-refractivity contribution in [3.05, 3.63) is 52.9 Å². The SMILES string of the molecule is Nc1ccc(Cc2ccccc2)s1. The molecule has 66 valence electrons. The van der Waals surface area contributed by atoms with Gasteiger partial charge in [-0.25, -0.2) is 0 Å². The molecule has 0 saturated heterocycles. The summed E-state index contributed by atoms with van der Waals surface area (Å²) >= 11 is 1.66. The van der Waals surface area contributed by atoms with Gasteiger partial charge in [-0.2, -0.15) is 0 Å². The van der Waals surface area contributed by atoms with Gasteiger partial charge in [0.1, 0.15) is 0 Å². The number of thiophene rings is 1. The predicted octanol–water partition coefficient (Wildman–Crippen LogP) is 2.92. The van der Waals surface area contributed by atoms with Gasteiger partial charge in [0.05, 0.1) is 5.00 Å². The van der Waals surface area contributed by atoms with E-state index in [9.17, 15) is 0 Å². The molecule has 0 aliphatic carbocycles. The summed E-state index contributed by atoms with van der Waals surface area (Å²) in [6.45, 7) is 0. The van der Waals surface area contributed by atoms with Gasteiger partial charge in [-0.15, -0.1) is 11.3 Å². The first-order valence-corrected chi connectivity index (χ1v) is 5.04. The Morgan fingerprint density at radius 3 is 2.38 bits per heavy atom. The van der Waals surface area contributed by atoms with Crippen molar-refractivity contribution in [1.82, 2.24) is 0 Å². The highest BCUT2D eigenvalue weighted by Gasteiger charge is 1.97. The van der Waals surface area contributed by atoms with E-state index in [1.54, 1.807) is 11.3 Å². The second kappa shape index (κ2) is 3.62. The summed E-state index contributed by atoms with van der Waals surface area (Å²) in [7, 11) is 0. The quantitative estimate of drug-likeness (QED) is 0.772. The van der Waals surface area contributed by atoms with Crippen LogP contribution >= 0.6 is 11.3 Å². The first-order chi connectivity index (χ1) is 6.34. The largest absolute Gasteiger partial charge is 0.391 e. The maximum atomic E-state index is 5.65. The number of benzene rings is 1. The maximum absolute atomic E-state index is 5.65. The summed E-state index contributed by atoms with van der Waals surface area (Å²) in [5, 5.41) is 0.894. The molecule has 0 amide bonds. The molecule has 2 N–H and O–H groups in total. The van der Waals surface area contributed by atoms with Gasteiger partial charge >= 0.3 is 0 Å². The van der Waals surface area contributed by atoms with Crippen LogP contribution in [0.3, 0.4) is 0 Å². The molecule has 1 aromatic carbocycles. The normalized spacial score (nSPS) is 10.2. The summed E-state index contributed by atoms with van der Waals surface area (Å²) in [4.78, 5) is 1.32. The minimum atomic E-state index is 0.894. The molecule has 0 saturated carbocycles. The number of anilines is 1. The zero-order chi connectivity index (χ0) is 9.10. The van der Waals surface area contributed by atoms with Gasteiger partial charge in [0.25, 0.3) is 0 Å². The third-order valence-corrected chi connectivity index (χ3v) is 2.82. The van der Waals surface area contributed by atoms with Gasteiger partial charge in [-0.3, -0.25) is 0 Å². The van der Waals surface area contributed by atoms with E-state index in [2.05, 4.69) is 30.3 Å². The smallest absolute Gasteiger partial charge is 0.0859 e. The fourth-order valence-electron chi connectivity index (χ4n) is 1.29. The lowest BCUT2D eigenvalue weighted by atomic mass is 10.1. The van der Waals surface area contributed by atoms with Crippen molar-refractivity contribution < 1.29 is 0 Å². The van der Waals surface area contributed by atoms with Crippen molar-refractivity contribution in [2.24, 2.45) is 0 Å². The van der Waals surface area contributed by atoms with Crippen molar-refractivity contribution in [1.29, 1.82) is 0 Å². The highest BCUT2D eigenvalue weighted by atomic mass is 32.1. The molecule has 2 heteroatoms. The van der Waals surface area contributed by atoms with E-state index in [-0.39, 0.29) is 0 Å². The van der Waals surface area contributed by atoms with E-state index in [0.717, 1.165) is 11.4 Å². The summed E-state index contributed by atoms with van der Waals surface area (Å²) in [6, 6.07) is 14.5. The Bertz CT molecular complexity index is 378. The Balaban J connectivity index is 2.15. The molecule has 0 fully saturated rings. The monoisotopic (exact) mass is 189 g/mol. The molecule has 0 atom stereocenters. The third kappa shape index (κ3) is 2.10. The number of hydrogen-bond donors (Lipinski definition) is 1. The van der Waals surface area contributed by atoms with Crippen molar-refractivity contribution >= 4 is 16.3 Å². The molecule has 1 nitrogen and oxygen atoms in total. The Kier molecular flexibility index (Phi) is 2.32. The van der Waals surface area contributed by atoms with Gasteiger partial charge in [0, 0.05) is 11.3 Å². The molecule has 1 heterocycles. The van der Waals surface area contributed by atoms with Gasteiger partial charge in [-0.1, -0.05) is 30.3 Å². The van der Waals surface area contributed by atoms with E-state index in [0.29, 0.717) is 0 Å². The van der Waals surface area contributed by atoms with E-state index in [4.69, 9.17) is 5.73 Å². The van der Waals surface area contributed by atoms with E-state index in [1.165, 1.54) is 10.4 Å². The van der Waals surface area contributed by atoms with Crippen LogP contribution in [0.25, 0.3) is 0 Å². The Hall–Kier alpha value is -1.28. The molecular formula is C11H11NS. The summed E-state index contributed by atoms with van der Waals surface area (Å²) in [5.41, 5.74) is 6.99. The first kappa shape index (κ1) is 8.32. The van der Waals surface area contributed by atoms with Crippen molar-refractivity contribution in [3.63, 3.8) is 0 Å². The molecule has 0 spiro atoms. The highest BCUT2D eigenvalue weighted by molar-refractivity contribution is 7.15. The Morgan fingerprint density at radius 1 is 1.00 bits per heavy atom. The summed E-state index contributed by atoms with van der Waals surface area (Å²) < 4.78 is 0. The van der Waals surface area contributed by atoms with Gasteiger partial charge in [-0.05, 0) is 17.7 Å².